The van der Waals surface area contributed by atoms with Crippen molar-refractivity contribution in [3.05, 3.63) is 18.0 Å². The van der Waals surface area contributed by atoms with Crippen molar-refractivity contribution < 1.29 is 22.7 Å². The fourth-order valence-corrected chi connectivity index (χ4v) is 2.00. The van der Waals surface area contributed by atoms with Gasteiger partial charge in [-0.3, -0.25) is 9.48 Å². The van der Waals surface area contributed by atoms with E-state index in [0.717, 1.165) is 12.8 Å². The maximum absolute atomic E-state index is 11.8. The molecule has 0 radical (unpaired) electrons. The number of aromatic nitrogens is 2. The lowest BCUT2D eigenvalue weighted by Crippen LogP contribution is -2.18. The van der Waals surface area contributed by atoms with Crippen LogP contribution in [0.25, 0.3) is 0 Å². The van der Waals surface area contributed by atoms with Gasteiger partial charge in [0.2, 0.25) is 0 Å². The summed E-state index contributed by atoms with van der Waals surface area (Å²) in [5.74, 6) is -0.174. The summed E-state index contributed by atoms with van der Waals surface area (Å²) < 4.78 is 41.8. The van der Waals surface area contributed by atoms with Crippen LogP contribution in [0, 0.1) is 0 Å². The van der Waals surface area contributed by atoms with E-state index in [9.17, 15) is 18.0 Å². The normalized spacial score (nSPS) is 12.1. The lowest BCUT2D eigenvalue weighted by molar-refractivity contribution is -0.174. The number of ketones is 1. The predicted octanol–water partition coefficient (Wildman–Crippen LogP) is 3.32. The SMILES string of the molecule is CCC(CC)n1ccc(CC(=O)CCOCC(F)(F)F)n1. The van der Waals surface area contributed by atoms with E-state index in [4.69, 9.17) is 0 Å². The number of halogens is 3. The third-order valence-electron chi connectivity index (χ3n) is 3.15. The van der Waals surface area contributed by atoms with Gasteiger partial charge in [0, 0.05) is 12.6 Å². The topological polar surface area (TPSA) is 44.1 Å². The molecule has 0 bridgehead atoms. The predicted molar refractivity (Wildman–Crippen MR) is 72.0 cm³/mol. The minimum absolute atomic E-state index is 0.0338. The molecule has 0 aliphatic carbocycles. The molecule has 1 heterocycles. The van der Waals surface area contributed by atoms with Gasteiger partial charge in [-0.1, -0.05) is 13.8 Å². The van der Waals surface area contributed by atoms with Crippen LogP contribution in [0.2, 0.25) is 0 Å². The van der Waals surface area contributed by atoms with Gasteiger partial charge in [-0.25, -0.2) is 0 Å². The van der Waals surface area contributed by atoms with E-state index < -0.39 is 12.8 Å². The maximum atomic E-state index is 11.8. The maximum Gasteiger partial charge on any atom is 0.411 e. The summed E-state index contributed by atoms with van der Waals surface area (Å²) in [6.07, 6.45) is -0.512. The number of ether oxygens (including phenoxy) is 1. The average molecular weight is 306 g/mol. The highest BCUT2D eigenvalue weighted by Crippen LogP contribution is 2.15. The third kappa shape index (κ3) is 6.75. The molecule has 7 heteroatoms. The highest BCUT2D eigenvalue weighted by Gasteiger charge is 2.27. The first kappa shape index (κ1) is 17.7. The first-order chi connectivity index (χ1) is 9.85. The van der Waals surface area contributed by atoms with Gasteiger partial charge in [0.25, 0.3) is 0 Å². The summed E-state index contributed by atoms with van der Waals surface area (Å²) in [4.78, 5) is 11.6. The fraction of sp³-hybridized carbons (Fsp3) is 0.714. The summed E-state index contributed by atoms with van der Waals surface area (Å²) in [7, 11) is 0. The van der Waals surface area contributed by atoms with Gasteiger partial charge in [0.15, 0.2) is 0 Å². The zero-order chi connectivity index (χ0) is 15.9. The van der Waals surface area contributed by atoms with Crippen molar-refractivity contribution in [3.8, 4) is 0 Å². The number of carbonyl (C=O) groups excluding carboxylic acids is 1. The van der Waals surface area contributed by atoms with Crippen LogP contribution < -0.4 is 0 Å². The molecule has 1 aromatic heterocycles. The van der Waals surface area contributed by atoms with Gasteiger partial charge < -0.3 is 4.74 Å². The number of hydrogen-bond donors (Lipinski definition) is 0. The van der Waals surface area contributed by atoms with Crippen molar-refractivity contribution in [3.63, 3.8) is 0 Å². The molecule has 0 atom stereocenters. The Bertz CT molecular complexity index is 440. The Balaban J connectivity index is 2.35. The molecule has 0 fully saturated rings. The Kier molecular flexibility index (Phi) is 6.87. The average Bonchev–Trinajstić information content (AvgIpc) is 2.83. The van der Waals surface area contributed by atoms with Crippen LogP contribution in [0.4, 0.5) is 13.2 Å². The van der Waals surface area contributed by atoms with E-state index >= 15 is 0 Å². The Morgan fingerprint density at radius 1 is 1.38 bits per heavy atom. The summed E-state index contributed by atoms with van der Waals surface area (Å²) in [5, 5.41) is 4.33. The first-order valence-corrected chi connectivity index (χ1v) is 7.06. The highest BCUT2D eigenvalue weighted by atomic mass is 19.4. The molecule has 4 nitrogen and oxygen atoms in total. The molecular formula is C14H21F3N2O2. The number of alkyl halides is 3. The molecule has 1 aromatic rings. The van der Waals surface area contributed by atoms with Gasteiger partial charge in [-0.2, -0.15) is 18.3 Å². The monoisotopic (exact) mass is 306 g/mol. The standard InChI is InChI=1S/C14H21F3N2O2/c1-3-12(4-2)19-7-5-11(18-19)9-13(20)6-8-21-10-14(15,16)17/h5,7,12H,3-4,6,8-10H2,1-2H3. The van der Waals surface area contributed by atoms with Gasteiger partial charge in [0.05, 0.1) is 24.8 Å². The second-order valence-electron chi connectivity index (χ2n) is 4.89. The van der Waals surface area contributed by atoms with Crippen LogP contribution in [0.5, 0.6) is 0 Å². The van der Waals surface area contributed by atoms with Crippen molar-refractivity contribution in [2.75, 3.05) is 13.2 Å². The van der Waals surface area contributed by atoms with E-state index in [1.54, 1.807) is 6.07 Å². The molecule has 0 aliphatic rings. The Morgan fingerprint density at radius 3 is 2.62 bits per heavy atom. The van der Waals surface area contributed by atoms with Crippen molar-refractivity contribution in [2.45, 2.75) is 51.7 Å². The Labute approximate surface area is 122 Å². The van der Waals surface area contributed by atoms with Crippen molar-refractivity contribution in [2.24, 2.45) is 0 Å². The smallest absolute Gasteiger partial charge is 0.372 e. The summed E-state index contributed by atoms with van der Waals surface area (Å²) in [6.45, 7) is 2.60. The number of hydrogen-bond acceptors (Lipinski definition) is 3. The highest BCUT2D eigenvalue weighted by molar-refractivity contribution is 5.80. The third-order valence-corrected chi connectivity index (χ3v) is 3.15. The van der Waals surface area contributed by atoms with E-state index in [2.05, 4.69) is 23.7 Å². The van der Waals surface area contributed by atoms with E-state index in [0.29, 0.717) is 11.7 Å². The molecule has 1 rings (SSSR count). The molecular weight excluding hydrogens is 285 g/mol. The molecule has 21 heavy (non-hydrogen) atoms. The minimum Gasteiger partial charge on any atom is -0.372 e. The van der Waals surface area contributed by atoms with Gasteiger partial charge in [0.1, 0.15) is 12.4 Å². The number of carbonyl (C=O) groups is 1. The molecule has 120 valence electrons. The van der Waals surface area contributed by atoms with Crippen LogP contribution in [0.3, 0.4) is 0 Å². The lowest BCUT2D eigenvalue weighted by atomic mass is 10.2. The largest absolute Gasteiger partial charge is 0.411 e. The molecule has 0 N–H and O–H groups in total. The van der Waals surface area contributed by atoms with Gasteiger partial charge in [-0.05, 0) is 18.9 Å². The molecule has 0 amide bonds. The quantitative estimate of drug-likeness (QED) is 0.657. The molecule has 0 spiro atoms. The molecule has 0 saturated carbocycles. The lowest BCUT2D eigenvalue weighted by Gasteiger charge is -2.12. The molecule has 0 aliphatic heterocycles. The Morgan fingerprint density at radius 2 is 2.05 bits per heavy atom. The number of nitrogens with zero attached hydrogens (tertiary/aromatic N) is 2. The molecule has 0 unspecified atom stereocenters. The second kappa shape index (κ2) is 8.17. The number of Topliss-reactive ketones (excluding diaryl/α,β-unsaturated/α-hetero) is 1. The van der Waals surface area contributed by atoms with E-state index in [1.807, 2.05) is 10.9 Å². The van der Waals surface area contributed by atoms with Gasteiger partial charge in [-0.15, -0.1) is 0 Å². The molecule has 0 saturated heterocycles. The fourth-order valence-electron chi connectivity index (χ4n) is 2.00. The van der Waals surface area contributed by atoms with Crippen LogP contribution in [0.1, 0.15) is 44.8 Å². The van der Waals surface area contributed by atoms with Crippen LogP contribution in [-0.2, 0) is 16.0 Å². The summed E-state index contributed by atoms with van der Waals surface area (Å²) in [6, 6.07) is 2.08. The molecule has 0 aromatic carbocycles. The zero-order valence-corrected chi connectivity index (χ0v) is 12.3. The van der Waals surface area contributed by atoms with Gasteiger partial charge >= 0.3 is 6.18 Å². The summed E-state index contributed by atoms with van der Waals surface area (Å²) in [5.41, 5.74) is 0.641. The number of rotatable bonds is 9. The van der Waals surface area contributed by atoms with Crippen molar-refractivity contribution in [1.29, 1.82) is 0 Å². The van der Waals surface area contributed by atoms with Crippen LogP contribution >= 0.6 is 0 Å². The Hall–Kier alpha value is -1.37. The van der Waals surface area contributed by atoms with E-state index in [1.165, 1.54) is 0 Å². The van der Waals surface area contributed by atoms with E-state index in [-0.39, 0.29) is 25.2 Å². The zero-order valence-electron chi connectivity index (χ0n) is 12.3. The van der Waals surface area contributed by atoms with Crippen LogP contribution in [0.15, 0.2) is 12.3 Å². The van der Waals surface area contributed by atoms with Crippen molar-refractivity contribution in [1.82, 2.24) is 9.78 Å². The van der Waals surface area contributed by atoms with Crippen LogP contribution in [-0.4, -0.2) is 35.0 Å². The first-order valence-electron chi connectivity index (χ1n) is 7.06. The summed E-state index contributed by atoms with van der Waals surface area (Å²) >= 11 is 0. The minimum atomic E-state index is -4.35. The van der Waals surface area contributed by atoms with Crippen molar-refractivity contribution >= 4 is 5.78 Å². The second-order valence-corrected chi connectivity index (χ2v) is 4.89.